The zero-order valence-corrected chi connectivity index (χ0v) is 18.1. The van der Waals surface area contributed by atoms with Gasteiger partial charge in [-0.1, -0.05) is 34.5 Å². The van der Waals surface area contributed by atoms with Crippen molar-refractivity contribution in [3.63, 3.8) is 0 Å². The zero-order chi connectivity index (χ0) is 19.4. The molecule has 1 amide bonds. The predicted octanol–water partition coefficient (Wildman–Crippen LogP) is 5.29. The lowest BCUT2D eigenvalue weighted by molar-refractivity contribution is -0.116. The largest absolute Gasteiger partial charge is 0.308 e. The van der Waals surface area contributed by atoms with Crippen LogP contribution in [0.1, 0.15) is 0 Å². The molecule has 8 heteroatoms. The number of benzene rings is 2. The van der Waals surface area contributed by atoms with Gasteiger partial charge in [-0.2, -0.15) is 0 Å². The summed E-state index contributed by atoms with van der Waals surface area (Å²) >= 11 is 15.0. The first-order chi connectivity index (χ1) is 12.9. The van der Waals surface area contributed by atoms with Crippen molar-refractivity contribution in [1.82, 2.24) is 9.88 Å². The van der Waals surface area contributed by atoms with E-state index in [1.807, 2.05) is 56.6 Å². The number of amides is 1. The maximum absolute atomic E-state index is 12.9. The third-order valence-corrected chi connectivity index (χ3v) is 6.34. The summed E-state index contributed by atoms with van der Waals surface area (Å²) in [5.74, 6) is 0.369. The predicted molar refractivity (Wildman–Crippen MR) is 118 cm³/mol. The van der Waals surface area contributed by atoms with Crippen molar-refractivity contribution in [2.75, 3.05) is 37.8 Å². The summed E-state index contributed by atoms with van der Waals surface area (Å²) in [6, 6.07) is 13.1. The van der Waals surface area contributed by atoms with Gasteiger partial charge in [-0.15, -0.1) is 11.8 Å². The van der Waals surface area contributed by atoms with Crippen LogP contribution in [0.4, 0.5) is 5.13 Å². The van der Waals surface area contributed by atoms with Crippen LogP contribution in [0, 0.1) is 0 Å². The molecule has 0 spiro atoms. The molecule has 0 atom stereocenters. The lowest BCUT2D eigenvalue weighted by Gasteiger charge is -2.21. The zero-order valence-electron chi connectivity index (χ0n) is 15.0. The Morgan fingerprint density at radius 1 is 1.07 bits per heavy atom. The summed E-state index contributed by atoms with van der Waals surface area (Å²) in [4.78, 5) is 22.4. The highest BCUT2D eigenvalue weighted by molar-refractivity contribution is 8.00. The van der Waals surface area contributed by atoms with Gasteiger partial charge in [0.05, 0.1) is 16.0 Å². The fraction of sp³-hybridized carbons (Fsp3) is 0.263. The van der Waals surface area contributed by atoms with Gasteiger partial charge in [0.2, 0.25) is 5.91 Å². The van der Waals surface area contributed by atoms with E-state index in [1.165, 1.54) is 23.1 Å². The summed E-state index contributed by atoms with van der Waals surface area (Å²) in [7, 11) is 3.98. The molecule has 27 heavy (non-hydrogen) atoms. The Labute approximate surface area is 177 Å². The lowest BCUT2D eigenvalue weighted by Crippen LogP contribution is -2.37. The van der Waals surface area contributed by atoms with E-state index in [-0.39, 0.29) is 5.91 Å². The van der Waals surface area contributed by atoms with Crippen molar-refractivity contribution in [3.05, 3.63) is 52.5 Å². The molecule has 0 N–H and O–H groups in total. The van der Waals surface area contributed by atoms with Crippen molar-refractivity contribution in [1.29, 1.82) is 0 Å². The van der Waals surface area contributed by atoms with Gasteiger partial charge in [0.25, 0.3) is 0 Å². The number of thiazole rings is 1. The number of thioether (sulfide) groups is 1. The number of hydrogen-bond donors (Lipinski definition) is 0. The molecule has 1 heterocycles. The normalized spacial score (nSPS) is 11.3. The average Bonchev–Trinajstić information content (AvgIpc) is 3.03. The maximum Gasteiger partial charge on any atom is 0.239 e. The third-order valence-electron chi connectivity index (χ3n) is 3.82. The first-order valence-corrected chi connectivity index (χ1v) is 10.9. The molecule has 0 bridgehead atoms. The molecular weight excluding hydrogens is 421 g/mol. The van der Waals surface area contributed by atoms with Gasteiger partial charge in [-0.25, -0.2) is 4.98 Å². The molecule has 0 aliphatic heterocycles. The quantitative estimate of drug-likeness (QED) is 0.468. The van der Waals surface area contributed by atoms with Gasteiger partial charge in [-0.3, -0.25) is 9.69 Å². The van der Waals surface area contributed by atoms with E-state index in [4.69, 9.17) is 23.2 Å². The van der Waals surface area contributed by atoms with Gasteiger partial charge < -0.3 is 4.90 Å². The van der Waals surface area contributed by atoms with E-state index >= 15 is 0 Å². The number of rotatable bonds is 7. The van der Waals surface area contributed by atoms with Crippen molar-refractivity contribution in [3.8, 4) is 0 Å². The number of carbonyl (C=O) groups is 1. The second kappa shape index (κ2) is 9.26. The van der Waals surface area contributed by atoms with Crippen LogP contribution in [0.25, 0.3) is 10.2 Å². The molecule has 0 aliphatic rings. The van der Waals surface area contributed by atoms with Crippen LogP contribution in [0.15, 0.2) is 47.4 Å². The molecule has 2 aromatic carbocycles. The number of nitrogens with zero attached hydrogens (tertiary/aromatic N) is 3. The molecular formula is C19H19Cl2N3OS2. The number of fused-ring (bicyclic) bond motifs is 1. The fourth-order valence-electron chi connectivity index (χ4n) is 2.38. The smallest absolute Gasteiger partial charge is 0.239 e. The number of aromatic nitrogens is 1. The van der Waals surface area contributed by atoms with Crippen LogP contribution in [-0.4, -0.2) is 48.7 Å². The molecule has 3 rings (SSSR count). The van der Waals surface area contributed by atoms with Crippen LogP contribution in [-0.2, 0) is 4.79 Å². The SMILES string of the molecule is CN(C)CCN(C(=O)CSc1ccc(Cl)cc1)c1nc2ccc(Cl)cc2s1. The summed E-state index contributed by atoms with van der Waals surface area (Å²) in [5.41, 5.74) is 0.854. The molecule has 0 aliphatic carbocycles. The molecule has 0 fully saturated rings. The van der Waals surface area contributed by atoms with Crippen molar-refractivity contribution >= 4 is 67.6 Å². The minimum absolute atomic E-state index is 0.0296. The highest BCUT2D eigenvalue weighted by Crippen LogP contribution is 2.31. The molecule has 0 radical (unpaired) electrons. The molecule has 142 valence electrons. The van der Waals surface area contributed by atoms with E-state index < -0.39 is 0 Å². The summed E-state index contributed by atoms with van der Waals surface area (Å²) < 4.78 is 0.977. The molecule has 3 aromatic rings. The Balaban J connectivity index is 1.78. The van der Waals surface area contributed by atoms with Crippen molar-refractivity contribution < 1.29 is 4.79 Å². The Bertz CT molecular complexity index is 928. The number of likely N-dealkylation sites (N-methyl/N-ethyl adjacent to an activating group) is 1. The molecule has 0 unspecified atom stereocenters. The minimum Gasteiger partial charge on any atom is -0.308 e. The average molecular weight is 440 g/mol. The number of carbonyl (C=O) groups excluding carboxylic acids is 1. The van der Waals surface area contributed by atoms with Crippen LogP contribution >= 0.6 is 46.3 Å². The highest BCUT2D eigenvalue weighted by atomic mass is 35.5. The number of anilines is 1. The van der Waals surface area contributed by atoms with E-state index in [0.717, 1.165) is 21.7 Å². The van der Waals surface area contributed by atoms with Crippen LogP contribution in [0.5, 0.6) is 0 Å². The van der Waals surface area contributed by atoms with Gasteiger partial charge in [0.15, 0.2) is 5.13 Å². The Kier molecular flexibility index (Phi) is 7.00. The van der Waals surface area contributed by atoms with Crippen molar-refractivity contribution in [2.24, 2.45) is 0 Å². The summed E-state index contributed by atoms with van der Waals surface area (Å²) in [6.07, 6.45) is 0. The van der Waals surface area contributed by atoms with Crippen LogP contribution < -0.4 is 4.90 Å². The van der Waals surface area contributed by atoms with E-state index in [9.17, 15) is 4.79 Å². The van der Waals surface area contributed by atoms with Gasteiger partial charge in [0, 0.05) is 28.0 Å². The summed E-state index contributed by atoms with van der Waals surface area (Å²) in [5, 5.41) is 2.06. The van der Waals surface area contributed by atoms with E-state index in [2.05, 4.69) is 9.88 Å². The Morgan fingerprint density at radius 2 is 1.78 bits per heavy atom. The maximum atomic E-state index is 12.9. The standard InChI is InChI=1S/C19H19Cl2N3OS2/c1-23(2)9-10-24(18(25)12-26-15-6-3-13(20)4-7-15)19-22-16-8-5-14(21)11-17(16)27-19/h3-8,11H,9-10,12H2,1-2H3. The van der Waals surface area contributed by atoms with Crippen molar-refractivity contribution in [2.45, 2.75) is 4.90 Å². The lowest BCUT2D eigenvalue weighted by atomic mass is 10.3. The minimum atomic E-state index is 0.0296. The van der Waals surface area contributed by atoms with Crippen LogP contribution in [0.2, 0.25) is 10.0 Å². The molecule has 0 saturated heterocycles. The Hall–Kier alpha value is -1.31. The Morgan fingerprint density at radius 3 is 2.48 bits per heavy atom. The monoisotopic (exact) mass is 439 g/mol. The number of halogens is 2. The van der Waals surface area contributed by atoms with Gasteiger partial charge in [0.1, 0.15) is 0 Å². The first-order valence-electron chi connectivity index (χ1n) is 8.32. The summed E-state index contributed by atoms with van der Waals surface area (Å²) in [6.45, 7) is 1.34. The topological polar surface area (TPSA) is 36.4 Å². The molecule has 0 saturated carbocycles. The van der Waals surface area contributed by atoms with E-state index in [0.29, 0.717) is 27.5 Å². The molecule has 4 nitrogen and oxygen atoms in total. The third kappa shape index (κ3) is 5.59. The van der Waals surface area contributed by atoms with Gasteiger partial charge in [-0.05, 0) is 56.6 Å². The van der Waals surface area contributed by atoms with Crippen LogP contribution in [0.3, 0.4) is 0 Å². The fourth-order valence-corrected chi connectivity index (χ4v) is 4.57. The second-order valence-corrected chi connectivity index (χ2v) is 9.13. The molecule has 1 aromatic heterocycles. The second-order valence-electron chi connectivity index (χ2n) is 6.20. The first kappa shape index (κ1) is 20.4. The van der Waals surface area contributed by atoms with Gasteiger partial charge >= 0.3 is 0 Å². The number of hydrogen-bond acceptors (Lipinski definition) is 5. The highest BCUT2D eigenvalue weighted by Gasteiger charge is 2.20. The van der Waals surface area contributed by atoms with E-state index in [1.54, 1.807) is 4.90 Å².